The molecule has 0 bridgehead atoms. The summed E-state index contributed by atoms with van der Waals surface area (Å²) in [5, 5.41) is 7.67. The molecule has 2 aromatic heterocycles. The van der Waals surface area contributed by atoms with E-state index in [1.165, 1.54) is 0 Å². The summed E-state index contributed by atoms with van der Waals surface area (Å²) in [6, 6.07) is 10.7. The van der Waals surface area contributed by atoms with E-state index in [0.717, 1.165) is 10.9 Å². The van der Waals surface area contributed by atoms with Crippen LogP contribution in [0.3, 0.4) is 0 Å². The Bertz CT molecular complexity index is 793. The highest BCUT2D eigenvalue weighted by Gasteiger charge is 2.15. The number of ketones is 2. The fourth-order valence-electron chi connectivity index (χ4n) is 2.20. The number of aromatic nitrogens is 3. The van der Waals surface area contributed by atoms with Gasteiger partial charge in [0, 0.05) is 36.2 Å². The molecule has 0 aliphatic heterocycles. The smallest absolute Gasteiger partial charge is 0.184 e. The second-order valence-corrected chi connectivity index (χ2v) is 4.70. The highest BCUT2D eigenvalue weighted by molar-refractivity contribution is 6.07. The Morgan fingerprint density at radius 1 is 0.952 bits per heavy atom. The molecule has 5 heteroatoms. The number of pyridine rings is 1. The van der Waals surface area contributed by atoms with E-state index in [1.54, 1.807) is 24.5 Å². The van der Waals surface area contributed by atoms with Crippen LogP contribution in [0.15, 0.2) is 48.8 Å². The maximum Gasteiger partial charge on any atom is 0.184 e. The van der Waals surface area contributed by atoms with Crippen LogP contribution in [0, 0.1) is 0 Å². The lowest BCUT2D eigenvalue weighted by Gasteiger charge is -2.00. The van der Waals surface area contributed by atoms with Crippen molar-refractivity contribution in [3.05, 3.63) is 60.0 Å². The molecule has 0 aliphatic rings. The van der Waals surface area contributed by atoms with Gasteiger partial charge < -0.3 is 0 Å². The average molecular weight is 279 g/mol. The normalized spacial score (nSPS) is 10.7. The molecule has 0 atom stereocenters. The van der Waals surface area contributed by atoms with Crippen molar-refractivity contribution in [2.24, 2.45) is 0 Å². The SMILES string of the molecule is O=C(CCC(=O)c1n[nH]c2ccccc12)c1ccncc1. The molecule has 104 valence electrons. The molecule has 3 aromatic rings. The van der Waals surface area contributed by atoms with Gasteiger partial charge in [-0.25, -0.2) is 0 Å². The first-order chi connectivity index (χ1) is 10.3. The van der Waals surface area contributed by atoms with E-state index >= 15 is 0 Å². The van der Waals surface area contributed by atoms with Gasteiger partial charge in [-0.15, -0.1) is 0 Å². The van der Waals surface area contributed by atoms with E-state index in [9.17, 15) is 9.59 Å². The number of aromatic amines is 1. The van der Waals surface area contributed by atoms with Gasteiger partial charge in [-0.2, -0.15) is 5.10 Å². The average Bonchev–Trinajstić information content (AvgIpc) is 2.97. The van der Waals surface area contributed by atoms with Crippen LogP contribution in [0.2, 0.25) is 0 Å². The summed E-state index contributed by atoms with van der Waals surface area (Å²) < 4.78 is 0. The summed E-state index contributed by atoms with van der Waals surface area (Å²) in [6.07, 6.45) is 3.45. The maximum absolute atomic E-state index is 12.2. The molecule has 5 nitrogen and oxygen atoms in total. The third-order valence-electron chi connectivity index (χ3n) is 3.32. The van der Waals surface area contributed by atoms with Crippen molar-refractivity contribution in [1.29, 1.82) is 0 Å². The maximum atomic E-state index is 12.2. The molecular weight excluding hydrogens is 266 g/mol. The third-order valence-corrected chi connectivity index (χ3v) is 3.32. The van der Waals surface area contributed by atoms with E-state index in [1.807, 2.05) is 24.3 Å². The van der Waals surface area contributed by atoms with Crippen molar-refractivity contribution in [2.45, 2.75) is 12.8 Å². The van der Waals surface area contributed by atoms with Crippen molar-refractivity contribution in [3.8, 4) is 0 Å². The van der Waals surface area contributed by atoms with Gasteiger partial charge >= 0.3 is 0 Å². The van der Waals surface area contributed by atoms with Gasteiger partial charge in [0.15, 0.2) is 11.6 Å². The van der Waals surface area contributed by atoms with E-state index in [2.05, 4.69) is 15.2 Å². The molecule has 0 saturated carbocycles. The Labute approximate surface area is 121 Å². The van der Waals surface area contributed by atoms with Gasteiger partial charge in [-0.05, 0) is 18.2 Å². The lowest BCUT2D eigenvalue weighted by Crippen LogP contribution is -2.06. The first kappa shape index (κ1) is 13.2. The summed E-state index contributed by atoms with van der Waals surface area (Å²) in [6.45, 7) is 0. The van der Waals surface area contributed by atoms with Gasteiger partial charge in [0.2, 0.25) is 0 Å². The number of nitrogens with zero attached hydrogens (tertiary/aromatic N) is 2. The molecular formula is C16H13N3O2. The predicted octanol–water partition coefficient (Wildman–Crippen LogP) is 2.80. The highest BCUT2D eigenvalue weighted by atomic mass is 16.1. The van der Waals surface area contributed by atoms with E-state index in [0.29, 0.717) is 11.3 Å². The number of rotatable bonds is 5. The Morgan fingerprint density at radius 3 is 2.48 bits per heavy atom. The van der Waals surface area contributed by atoms with Crippen LogP contribution in [0.1, 0.15) is 33.7 Å². The Balaban J connectivity index is 1.71. The Hall–Kier alpha value is -2.82. The highest BCUT2D eigenvalue weighted by Crippen LogP contribution is 2.17. The summed E-state index contributed by atoms with van der Waals surface area (Å²) in [7, 11) is 0. The van der Waals surface area contributed by atoms with Crippen LogP contribution >= 0.6 is 0 Å². The minimum absolute atomic E-state index is 0.0643. The summed E-state index contributed by atoms with van der Waals surface area (Å²) in [5.74, 6) is -0.194. The first-order valence-electron chi connectivity index (χ1n) is 6.65. The number of carbonyl (C=O) groups is 2. The molecule has 1 N–H and O–H groups in total. The van der Waals surface area contributed by atoms with Crippen LogP contribution in [0.5, 0.6) is 0 Å². The number of para-hydroxylation sites is 1. The molecule has 0 fully saturated rings. The van der Waals surface area contributed by atoms with Crippen molar-refractivity contribution in [1.82, 2.24) is 15.2 Å². The van der Waals surface area contributed by atoms with Crippen molar-refractivity contribution in [3.63, 3.8) is 0 Å². The van der Waals surface area contributed by atoms with Crippen molar-refractivity contribution >= 4 is 22.5 Å². The first-order valence-corrected chi connectivity index (χ1v) is 6.65. The number of benzene rings is 1. The minimum Gasteiger partial charge on any atom is -0.294 e. The Morgan fingerprint density at radius 2 is 1.67 bits per heavy atom. The second-order valence-electron chi connectivity index (χ2n) is 4.70. The molecule has 0 saturated heterocycles. The van der Waals surface area contributed by atoms with E-state index in [4.69, 9.17) is 0 Å². The number of carbonyl (C=O) groups excluding carboxylic acids is 2. The van der Waals surface area contributed by atoms with E-state index < -0.39 is 0 Å². The quantitative estimate of drug-likeness (QED) is 0.729. The number of Topliss-reactive ketones (excluding diaryl/α,β-unsaturated/α-hetero) is 2. The standard InChI is InChI=1S/C16H13N3O2/c20-14(11-7-9-17-10-8-11)5-6-15(21)16-12-3-1-2-4-13(12)18-19-16/h1-4,7-10H,5-6H2,(H,18,19). The lowest BCUT2D eigenvalue weighted by molar-refractivity contribution is 0.0915. The molecule has 2 heterocycles. The molecule has 0 unspecified atom stereocenters. The number of fused-ring (bicyclic) bond motifs is 1. The van der Waals surface area contributed by atoms with Crippen LogP contribution < -0.4 is 0 Å². The number of H-pyrrole nitrogens is 1. The van der Waals surface area contributed by atoms with Gasteiger partial charge in [0.1, 0.15) is 5.69 Å². The zero-order valence-electron chi connectivity index (χ0n) is 11.2. The fraction of sp³-hybridized carbons (Fsp3) is 0.125. The van der Waals surface area contributed by atoms with Gasteiger partial charge in [0.25, 0.3) is 0 Å². The summed E-state index contributed by atoms with van der Waals surface area (Å²) in [5.41, 5.74) is 1.79. The number of hydrogen-bond acceptors (Lipinski definition) is 4. The van der Waals surface area contributed by atoms with Crippen molar-refractivity contribution < 1.29 is 9.59 Å². The van der Waals surface area contributed by atoms with Gasteiger partial charge in [-0.3, -0.25) is 19.7 Å². The van der Waals surface area contributed by atoms with Gasteiger partial charge in [0.05, 0.1) is 5.52 Å². The largest absolute Gasteiger partial charge is 0.294 e. The van der Waals surface area contributed by atoms with Gasteiger partial charge in [-0.1, -0.05) is 18.2 Å². The summed E-state index contributed by atoms with van der Waals surface area (Å²) >= 11 is 0. The molecule has 1 aromatic carbocycles. The molecule has 0 amide bonds. The topological polar surface area (TPSA) is 75.7 Å². The van der Waals surface area contributed by atoms with Crippen LogP contribution in [0.25, 0.3) is 10.9 Å². The predicted molar refractivity (Wildman–Crippen MR) is 78.2 cm³/mol. The minimum atomic E-state index is -0.130. The summed E-state index contributed by atoms with van der Waals surface area (Å²) in [4.78, 5) is 28.0. The second kappa shape index (κ2) is 5.66. The molecule has 0 aliphatic carbocycles. The monoisotopic (exact) mass is 279 g/mol. The zero-order chi connectivity index (χ0) is 14.7. The van der Waals surface area contributed by atoms with Crippen LogP contribution in [-0.2, 0) is 0 Å². The van der Waals surface area contributed by atoms with Crippen molar-refractivity contribution in [2.75, 3.05) is 0 Å². The molecule has 21 heavy (non-hydrogen) atoms. The third kappa shape index (κ3) is 2.72. The molecule has 0 radical (unpaired) electrons. The number of hydrogen-bond donors (Lipinski definition) is 1. The Kier molecular flexibility index (Phi) is 3.55. The fourth-order valence-corrected chi connectivity index (χ4v) is 2.20. The number of nitrogens with one attached hydrogen (secondary N) is 1. The molecule has 3 rings (SSSR count). The van der Waals surface area contributed by atoms with E-state index in [-0.39, 0.29) is 24.4 Å². The zero-order valence-corrected chi connectivity index (χ0v) is 11.2. The van der Waals surface area contributed by atoms with Crippen LogP contribution in [-0.4, -0.2) is 26.7 Å². The molecule has 0 spiro atoms. The lowest BCUT2D eigenvalue weighted by atomic mass is 10.0. The van der Waals surface area contributed by atoms with Crippen LogP contribution in [0.4, 0.5) is 0 Å².